The quantitative estimate of drug-likeness (QED) is 0.656. The van der Waals surface area contributed by atoms with Crippen molar-refractivity contribution in [3.05, 3.63) is 59.2 Å². The molecule has 1 heterocycles. The minimum Gasteiger partial charge on any atom is -0.366 e. The number of benzene rings is 2. The Morgan fingerprint density at radius 2 is 1.96 bits per heavy atom. The van der Waals surface area contributed by atoms with E-state index in [2.05, 4.69) is 61.9 Å². The van der Waals surface area contributed by atoms with Gasteiger partial charge in [-0.25, -0.2) is 0 Å². The first-order valence-corrected chi connectivity index (χ1v) is 9.40. The van der Waals surface area contributed by atoms with Crippen molar-refractivity contribution in [1.29, 1.82) is 5.26 Å². The van der Waals surface area contributed by atoms with E-state index < -0.39 is 0 Å². The van der Waals surface area contributed by atoms with E-state index in [4.69, 9.17) is 5.26 Å². The van der Waals surface area contributed by atoms with Crippen molar-refractivity contribution in [2.24, 2.45) is 4.99 Å². The van der Waals surface area contributed by atoms with E-state index in [0.29, 0.717) is 11.5 Å². The summed E-state index contributed by atoms with van der Waals surface area (Å²) >= 11 is 0. The smallest absolute Gasteiger partial charge is 0.0991 e. The third-order valence-corrected chi connectivity index (χ3v) is 5.22. The highest BCUT2D eigenvalue weighted by Crippen LogP contribution is 2.43. The lowest BCUT2D eigenvalue weighted by atomic mass is 9.79. The Balaban J connectivity index is 1.89. The Morgan fingerprint density at radius 3 is 2.62 bits per heavy atom. The molecule has 0 saturated carbocycles. The highest BCUT2D eigenvalue weighted by Gasteiger charge is 2.35. The zero-order chi connectivity index (χ0) is 18.7. The fourth-order valence-corrected chi connectivity index (χ4v) is 4.01. The molecule has 1 unspecified atom stereocenters. The van der Waals surface area contributed by atoms with Crippen molar-refractivity contribution in [2.45, 2.75) is 52.0 Å². The van der Waals surface area contributed by atoms with Crippen LogP contribution in [0.2, 0.25) is 0 Å². The summed E-state index contributed by atoms with van der Waals surface area (Å²) in [6.45, 7) is 10.4. The molecule has 0 fully saturated rings. The second kappa shape index (κ2) is 7.33. The maximum atomic E-state index is 8.88. The Morgan fingerprint density at radius 1 is 1.23 bits per heavy atom. The fourth-order valence-electron chi connectivity index (χ4n) is 4.01. The van der Waals surface area contributed by atoms with Gasteiger partial charge >= 0.3 is 0 Å². The molecule has 134 valence electrons. The second-order valence-corrected chi connectivity index (χ2v) is 7.80. The number of anilines is 1. The Bertz CT molecular complexity index is 841. The van der Waals surface area contributed by atoms with Gasteiger partial charge in [-0.3, -0.25) is 4.99 Å². The molecule has 3 heteroatoms. The molecule has 0 N–H and O–H groups in total. The fraction of sp³-hybridized carbons (Fsp3) is 0.391. The topological polar surface area (TPSA) is 39.4 Å². The summed E-state index contributed by atoms with van der Waals surface area (Å²) in [6.07, 6.45) is 4.23. The van der Waals surface area contributed by atoms with Crippen LogP contribution in [0.5, 0.6) is 0 Å². The molecule has 2 aromatic rings. The van der Waals surface area contributed by atoms with E-state index >= 15 is 0 Å². The van der Waals surface area contributed by atoms with Gasteiger partial charge in [-0.15, -0.1) is 0 Å². The van der Waals surface area contributed by atoms with E-state index in [0.717, 1.165) is 30.6 Å². The van der Waals surface area contributed by atoms with Gasteiger partial charge in [0.25, 0.3) is 0 Å². The molecule has 3 nitrogen and oxygen atoms in total. The van der Waals surface area contributed by atoms with E-state index in [1.54, 1.807) is 12.1 Å². The van der Waals surface area contributed by atoms with Gasteiger partial charge < -0.3 is 4.90 Å². The first kappa shape index (κ1) is 18.2. The van der Waals surface area contributed by atoms with Gasteiger partial charge in [0.2, 0.25) is 0 Å². The molecule has 0 aliphatic carbocycles. The number of fused-ring (bicyclic) bond motifs is 1. The summed E-state index contributed by atoms with van der Waals surface area (Å²) in [5.41, 5.74) is 5.62. The third-order valence-electron chi connectivity index (χ3n) is 5.22. The molecule has 0 saturated heterocycles. The molecule has 0 amide bonds. The standard InChI is InChI=1S/C23H27N3/c1-5-12-26-22-11-8-19(13-21(22)17(2)14-23(26,3)4)16-25-20-9-6-18(15-24)7-10-20/h6-11,13,16-17H,5,12,14H2,1-4H3. The van der Waals surface area contributed by atoms with Crippen molar-refractivity contribution in [2.75, 3.05) is 11.4 Å². The molecule has 0 spiro atoms. The van der Waals surface area contributed by atoms with Crippen LogP contribution in [0.25, 0.3) is 0 Å². The van der Waals surface area contributed by atoms with Gasteiger partial charge in [0.15, 0.2) is 0 Å². The predicted molar refractivity (Wildman–Crippen MR) is 110 cm³/mol. The maximum absolute atomic E-state index is 8.88. The number of nitrogens with zero attached hydrogens (tertiary/aromatic N) is 3. The van der Waals surface area contributed by atoms with Crippen LogP contribution in [0.4, 0.5) is 11.4 Å². The molecule has 2 aromatic carbocycles. The second-order valence-electron chi connectivity index (χ2n) is 7.80. The first-order chi connectivity index (χ1) is 12.4. The molecule has 3 rings (SSSR count). The molecular weight excluding hydrogens is 318 g/mol. The lowest BCUT2D eigenvalue weighted by molar-refractivity contribution is 0.376. The zero-order valence-electron chi connectivity index (χ0n) is 16.2. The normalized spacial score (nSPS) is 18.6. The number of rotatable bonds is 4. The van der Waals surface area contributed by atoms with Crippen molar-refractivity contribution in [3.63, 3.8) is 0 Å². The Kier molecular flexibility index (Phi) is 5.13. The van der Waals surface area contributed by atoms with Crippen LogP contribution in [0, 0.1) is 11.3 Å². The minimum atomic E-state index is 0.195. The van der Waals surface area contributed by atoms with Crippen LogP contribution in [0.1, 0.15) is 63.1 Å². The van der Waals surface area contributed by atoms with Crippen LogP contribution >= 0.6 is 0 Å². The van der Waals surface area contributed by atoms with Crippen LogP contribution < -0.4 is 4.90 Å². The van der Waals surface area contributed by atoms with E-state index in [1.807, 2.05) is 18.3 Å². The lowest BCUT2D eigenvalue weighted by Gasteiger charge is -2.47. The van der Waals surface area contributed by atoms with Crippen LogP contribution in [0.3, 0.4) is 0 Å². The Hall–Kier alpha value is -2.60. The van der Waals surface area contributed by atoms with Crippen LogP contribution in [-0.4, -0.2) is 18.3 Å². The summed E-state index contributed by atoms with van der Waals surface area (Å²) < 4.78 is 0. The number of nitriles is 1. The maximum Gasteiger partial charge on any atom is 0.0991 e. The molecule has 0 radical (unpaired) electrons. The van der Waals surface area contributed by atoms with E-state index in [-0.39, 0.29) is 5.54 Å². The number of aliphatic imine (C=N–C) groups is 1. The molecule has 1 aliphatic rings. The molecule has 26 heavy (non-hydrogen) atoms. The molecule has 1 atom stereocenters. The zero-order valence-corrected chi connectivity index (χ0v) is 16.2. The van der Waals surface area contributed by atoms with Gasteiger partial charge in [-0.2, -0.15) is 5.26 Å². The lowest BCUT2D eigenvalue weighted by Crippen LogP contribution is -2.48. The van der Waals surface area contributed by atoms with E-state index in [9.17, 15) is 0 Å². The third kappa shape index (κ3) is 3.65. The molecular formula is C23H27N3. The molecule has 0 aromatic heterocycles. The molecule has 1 aliphatic heterocycles. The summed E-state index contributed by atoms with van der Waals surface area (Å²) in [4.78, 5) is 7.12. The Labute approximate surface area is 157 Å². The minimum absolute atomic E-state index is 0.195. The number of hydrogen-bond acceptors (Lipinski definition) is 3. The largest absolute Gasteiger partial charge is 0.366 e. The van der Waals surface area contributed by atoms with Gasteiger partial charge in [-0.05, 0) is 80.1 Å². The summed E-state index contributed by atoms with van der Waals surface area (Å²) in [7, 11) is 0. The van der Waals surface area contributed by atoms with Crippen LogP contribution in [0.15, 0.2) is 47.5 Å². The molecule has 0 bridgehead atoms. The van der Waals surface area contributed by atoms with Crippen molar-refractivity contribution in [3.8, 4) is 6.07 Å². The number of hydrogen-bond donors (Lipinski definition) is 0. The summed E-state index contributed by atoms with van der Waals surface area (Å²) in [6, 6.07) is 16.2. The van der Waals surface area contributed by atoms with Crippen molar-refractivity contribution >= 4 is 17.6 Å². The van der Waals surface area contributed by atoms with Gasteiger partial charge in [-0.1, -0.05) is 19.9 Å². The highest BCUT2D eigenvalue weighted by atomic mass is 15.2. The average Bonchev–Trinajstić information content (AvgIpc) is 2.63. The predicted octanol–water partition coefficient (Wildman–Crippen LogP) is 5.81. The highest BCUT2D eigenvalue weighted by molar-refractivity contribution is 5.83. The first-order valence-electron chi connectivity index (χ1n) is 9.40. The van der Waals surface area contributed by atoms with E-state index in [1.165, 1.54) is 11.3 Å². The summed E-state index contributed by atoms with van der Waals surface area (Å²) in [5, 5.41) is 8.88. The van der Waals surface area contributed by atoms with Crippen molar-refractivity contribution in [1.82, 2.24) is 0 Å². The van der Waals surface area contributed by atoms with Crippen LogP contribution in [-0.2, 0) is 0 Å². The summed E-state index contributed by atoms with van der Waals surface area (Å²) in [5.74, 6) is 0.538. The van der Waals surface area contributed by atoms with Gasteiger partial charge in [0, 0.05) is 24.0 Å². The SMILES string of the molecule is CCCN1c2ccc(C=Nc3ccc(C#N)cc3)cc2C(C)CC1(C)C. The average molecular weight is 345 g/mol. The van der Waals surface area contributed by atoms with Crippen molar-refractivity contribution < 1.29 is 0 Å². The monoisotopic (exact) mass is 345 g/mol. The van der Waals surface area contributed by atoms with Gasteiger partial charge in [0.1, 0.15) is 0 Å². The van der Waals surface area contributed by atoms with Gasteiger partial charge in [0.05, 0.1) is 17.3 Å².